The highest BCUT2D eigenvalue weighted by Crippen LogP contribution is 2.37. The molecule has 2 heterocycles. The Kier molecular flexibility index (Phi) is 6.17. The molecule has 1 aromatic heterocycles. The number of hydrogen-bond acceptors (Lipinski definition) is 6. The molecule has 1 amide bonds. The second-order valence-electron chi connectivity index (χ2n) is 7.97. The van der Waals surface area contributed by atoms with E-state index >= 15 is 0 Å². The molecule has 0 radical (unpaired) electrons. The van der Waals surface area contributed by atoms with E-state index in [2.05, 4.69) is 20.7 Å². The summed E-state index contributed by atoms with van der Waals surface area (Å²) in [7, 11) is 0. The Morgan fingerprint density at radius 2 is 1.80 bits per heavy atom. The lowest BCUT2D eigenvalue weighted by Gasteiger charge is -2.29. The van der Waals surface area contributed by atoms with Crippen LogP contribution in [-0.4, -0.2) is 27.3 Å². The van der Waals surface area contributed by atoms with Crippen LogP contribution in [0.3, 0.4) is 0 Å². The molecule has 0 spiro atoms. The normalized spacial score (nSPS) is 14.6. The fourth-order valence-electron chi connectivity index (χ4n) is 4.11. The number of fused-ring (bicyclic) bond motifs is 1. The van der Waals surface area contributed by atoms with Crippen LogP contribution >= 0.6 is 0 Å². The molecular weight excluding hydrogens is 442 g/mol. The van der Waals surface area contributed by atoms with Crippen molar-refractivity contribution < 1.29 is 14.3 Å². The Morgan fingerprint density at radius 3 is 2.63 bits per heavy atom. The van der Waals surface area contributed by atoms with Crippen molar-refractivity contribution in [1.29, 1.82) is 0 Å². The highest BCUT2D eigenvalue weighted by molar-refractivity contribution is 6.06. The van der Waals surface area contributed by atoms with Gasteiger partial charge in [0.2, 0.25) is 5.95 Å². The lowest BCUT2D eigenvalue weighted by molar-refractivity contribution is -0.113. The van der Waals surface area contributed by atoms with Gasteiger partial charge in [-0.1, -0.05) is 42.5 Å². The zero-order chi connectivity index (χ0) is 24.2. The highest BCUT2D eigenvalue weighted by atomic mass is 16.5. The molecule has 8 nitrogen and oxygen atoms in total. The third-order valence-electron chi connectivity index (χ3n) is 5.63. The molecule has 0 bridgehead atoms. The van der Waals surface area contributed by atoms with Gasteiger partial charge in [0, 0.05) is 5.70 Å². The van der Waals surface area contributed by atoms with Crippen LogP contribution in [-0.2, 0) is 4.79 Å². The SMILES string of the molecule is CCOc1ccccc1NC(=O)C1=C(C)Nc2ncnn2C1c1cccc(Oc2ccccc2)c1. The van der Waals surface area contributed by atoms with Crippen LogP contribution < -0.4 is 20.1 Å². The summed E-state index contributed by atoms with van der Waals surface area (Å²) in [4.78, 5) is 18.0. The van der Waals surface area contributed by atoms with Crippen molar-refractivity contribution in [3.8, 4) is 17.2 Å². The van der Waals surface area contributed by atoms with Crippen LogP contribution in [0.5, 0.6) is 17.2 Å². The van der Waals surface area contributed by atoms with Crippen molar-refractivity contribution >= 4 is 17.5 Å². The van der Waals surface area contributed by atoms with E-state index in [0.717, 1.165) is 11.3 Å². The van der Waals surface area contributed by atoms with E-state index in [1.165, 1.54) is 6.33 Å². The molecule has 1 aliphatic heterocycles. The Morgan fingerprint density at radius 1 is 1.03 bits per heavy atom. The maximum absolute atomic E-state index is 13.7. The van der Waals surface area contributed by atoms with Gasteiger partial charge in [0.25, 0.3) is 5.91 Å². The summed E-state index contributed by atoms with van der Waals surface area (Å²) in [5.41, 5.74) is 2.65. The number of amides is 1. The number of anilines is 2. The second-order valence-corrected chi connectivity index (χ2v) is 7.97. The third-order valence-corrected chi connectivity index (χ3v) is 5.63. The number of aromatic nitrogens is 3. The van der Waals surface area contributed by atoms with E-state index in [-0.39, 0.29) is 5.91 Å². The number of para-hydroxylation sites is 3. The summed E-state index contributed by atoms with van der Waals surface area (Å²) in [5.74, 6) is 2.30. The molecule has 1 atom stereocenters. The predicted molar refractivity (Wildman–Crippen MR) is 134 cm³/mol. The maximum atomic E-state index is 13.7. The second kappa shape index (κ2) is 9.72. The first-order chi connectivity index (χ1) is 17.1. The standard InChI is InChI=1S/C27H25N5O3/c1-3-34-23-15-8-7-14-22(23)31-26(33)24-18(2)30-27-28-17-29-32(27)25(24)19-10-9-13-21(16-19)35-20-11-5-4-6-12-20/h4-17,25H,3H2,1-2H3,(H,31,33)(H,28,29,30). The number of hydrogen-bond donors (Lipinski definition) is 2. The molecule has 1 unspecified atom stereocenters. The number of rotatable bonds is 7. The number of carbonyl (C=O) groups excluding carboxylic acids is 1. The molecule has 35 heavy (non-hydrogen) atoms. The van der Waals surface area contributed by atoms with Gasteiger partial charge in [-0.2, -0.15) is 10.1 Å². The van der Waals surface area contributed by atoms with Gasteiger partial charge in [0.15, 0.2) is 0 Å². The fraction of sp³-hybridized carbons (Fsp3) is 0.148. The smallest absolute Gasteiger partial charge is 0.255 e. The fourth-order valence-corrected chi connectivity index (χ4v) is 4.11. The van der Waals surface area contributed by atoms with E-state index in [0.29, 0.717) is 41.0 Å². The number of nitrogens with zero attached hydrogens (tertiary/aromatic N) is 3. The van der Waals surface area contributed by atoms with E-state index in [9.17, 15) is 4.79 Å². The first-order valence-corrected chi connectivity index (χ1v) is 11.4. The van der Waals surface area contributed by atoms with Crippen LogP contribution in [0, 0.1) is 0 Å². The Labute approximate surface area is 203 Å². The summed E-state index contributed by atoms with van der Waals surface area (Å²) >= 11 is 0. The monoisotopic (exact) mass is 467 g/mol. The van der Waals surface area contributed by atoms with Crippen molar-refractivity contribution in [2.75, 3.05) is 17.2 Å². The van der Waals surface area contributed by atoms with Crippen LogP contribution in [0.15, 0.2) is 96.5 Å². The van der Waals surface area contributed by atoms with Crippen molar-refractivity contribution in [3.05, 3.63) is 102 Å². The van der Waals surface area contributed by atoms with E-state index in [4.69, 9.17) is 9.47 Å². The molecule has 3 aromatic carbocycles. The van der Waals surface area contributed by atoms with Crippen LogP contribution in [0.2, 0.25) is 0 Å². The highest BCUT2D eigenvalue weighted by Gasteiger charge is 2.34. The van der Waals surface area contributed by atoms with Crippen molar-refractivity contribution in [3.63, 3.8) is 0 Å². The molecule has 176 valence electrons. The minimum absolute atomic E-state index is 0.261. The van der Waals surface area contributed by atoms with Gasteiger partial charge >= 0.3 is 0 Å². The van der Waals surface area contributed by atoms with Gasteiger partial charge in [-0.05, 0) is 55.8 Å². The Balaban J connectivity index is 1.51. The largest absolute Gasteiger partial charge is 0.492 e. The van der Waals surface area contributed by atoms with Crippen molar-refractivity contribution in [2.24, 2.45) is 0 Å². The maximum Gasteiger partial charge on any atom is 0.255 e. The lowest BCUT2D eigenvalue weighted by atomic mass is 9.94. The van der Waals surface area contributed by atoms with Crippen molar-refractivity contribution in [2.45, 2.75) is 19.9 Å². The molecule has 0 aliphatic carbocycles. The molecular formula is C27H25N5O3. The molecule has 5 rings (SSSR count). The van der Waals surface area contributed by atoms with E-state index in [1.54, 1.807) is 4.68 Å². The Hall–Kier alpha value is -4.59. The summed E-state index contributed by atoms with van der Waals surface area (Å²) in [6.07, 6.45) is 1.47. The number of carbonyl (C=O) groups is 1. The average Bonchev–Trinajstić information content (AvgIpc) is 3.33. The first-order valence-electron chi connectivity index (χ1n) is 11.4. The Bertz CT molecular complexity index is 1380. The lowest BCUT2D eigenvalue weighted by Crippen LogP contribution is -2.31. The van der Waals surface area contributed by atoms with Gasteiger partial charge in [-0.25, -0.2) is 4.68 Å². The number of allylic oxidation sites excluding steroid dienone is 1. The molecule has 1 aliphatic rings. The van der Waals surface area contributed by atoms with Gasteiger partial charge in [-0.3, -0.25) is 4.79 Å². The summed E-state index contributed by atoms with van der Waals surface area (Å²) in [6, 6.07) is 24.1. The van der Waals surface area contributed by atoms with Crippen LogP contribution in [0.1, 0.15) is 25.5 Å². The molecule has 0 fully saturated rings. The summed E-state index contributed by atoms with van der Waals surface area (Å²) in [6.45, 7) is 4.26. The molecule has 0 saturated carbocycles. The third kappa shape index (κ3) is 4.59. The molecule has 0 saturated heterocycles. The summed E-state index contributed by atoms with van der Waals surface area (Å²) < 4.78 is 13.4. The van der Waals surface area contributed by atoms with Crippen molar-refractivity contribution in [1.82, 2.24) is 14.8 Å². The van der Waals surface area contributed by atoms with E-state index in [1.807, 2.05) is 92.7 Å². The quantitative estimate of drug-likeness (QED) is 0.378. The number of nitrogens with one attached hydrogen (secondary N) is 2. The van der Waals surface area contributed by atoms with Crippen LogP contribution in [0.4, 0.5) is 11.6 Å². The van der Waals surface area contributed by atoms with Crippen LogP contribution in [0.25, 0.3) is 0 Å². The summed E-state index contributed by atoms with van der Waals surface area (Å²) in [5, 5.41) is 10.6. The van der Waals surface area contributed by atoms with E-state index < -0.39 is 6.04 Å². The minimum atomic E-state index is -0.507. The zero-order valence-corrected chi connectivity index (χ0v) is 19.4. The number of ether oxygens (including phenoxy) is 2. The van der Waals surface area contributed by atoms with Gasteiger partial charge < -0.3 is 20.1 Å². The average molecular weight is 468 g/mol. The predicted octanol–water partition coefficient (Wildman–Crippen LogP) is 5.40. The van der Waals surface area contributed by atoms with Gasteiger partial charge in [-0.15, -0.1) is 0 Å². The minimum Gasteiger partial charge on any atom is -0.492 e. The topological polar surface area (TPSA) is 90.3 Å². The molecule has 2 N–H and O–H groups in total. The first kappa shape index (κ1) is 22.2. The van der Waals surface area contributed by atoms with Gasteiger partial charge in [0.05, 0.1) is 17.9 Å². The molecule has 8 heteroatoms. The van der Waals surface area contributed by atoms with Gasteiger partial charge in [0.1, 0.15) is 29.6 Å². The zero-order valence-electron chi connectivity index (χ0n) is 19.4. The molecule has 4 aromatic rings. The number of benzene rings is 3.